The second-order valence-corrected chi connectivity index (χ2v) is 7.05. The Hall–Kier alpha value is -3.38. The maximum Gasteiger partial charge on any atom is 0.262 e. The van der Waals surface area contributed by atoms with Gasteiger partial charge in [-0.15, -0.1) is 0 Å². The molecule has 4 rings (SSSR count). The average molecular weight is 425 g/mol. The van der Waals surface area contributed by atoms with Crippen molar-refractivity contribution < 1.29 is 19.0 Å². The van der Waals surface area contributed by atoms with Gasteiger partial charge in [0, 0.05) is 11.3 Å². The van der Waals surface area contributed by atoms with Crippen molar-refractivity contribution in [2.24, 2.45) is 0 Å². The number of ether oxygens (including phenoxy) is 3. The first-order chi connectivity index (χ1) is 14.6. The van der Waals surface area contributed by atoms with Crippen LogP contribution in [0.5, 0.6) is 17.2 Å². The molecule has 0 fully saturated rings. The number of benzene rings is 3. The number of nitrogens with one attached hydrogen (secondary N) is 1. The molecule has 0 saturated heterocycles. The number of carbonyl (C=O) groups is 1. The third-order valence-electron chi connectivity index (χ3n) is 5.07. The van der Waals surface area contributed by atoms with E-state index >= 15 is 0 Å². The molecule has 0 bridgehead atoms. The van der Waals surface area contributed by atoms with E-state index in [1.54, 1.807) is 44.4 Å². The van der Waals surface area contributed by atoms with Crippen LogP contribution in [0.3, 0.4) is 0 Å². The van der Waals surface area contributed by atoms with E-state index in [9.17, 15) is 4.79 Å². The number of fused-ring (bicyclic) bond motifs is 1. The summed E-state index contributed by atoms with van der Waals surface area (Å²) in [6, 6.07) is 18.3. The number of anilines is 2. The summed E-state index contributed by atoms with van der Waals surface area (Å²) in [7, 11) is 4.66. The van der Waals surface area contributed by atoms with Crippen molar-refractivity contribution >= 4 is 28.9 Å². The smallest absolute Gasteiger partial charge is 0.262 e. The Balaban J connectivity index is 1.95. The number of hydrogen-bond donors (Lipinski definition) is 1. The molecule has 0 radical (unpaired) electrons. The summed E-state index contributed by atoms with van der Waals surface area (Å²) < 4.78 is 16.6. The number of rotatable bonds is 5. The zero-order valence-corrected chi connectivity index (χ0v) is 17.6. The van der Waals surface area contributed by atoms with Crippen molar-refractivity contribution in [1.29, 1.82) is 0 Å². The topological polar surface area (TPSA) is 60.0 Å². The Morgan fingerprint density at radius 2 is 1.57 bits per heavy atom. The third-order valence-corrected chi connectivity index (χ3v) is 5.39. The molecule has 3 aromatic carbocycles. The van der Waals surface area contributed by atoms with E-state index in [2.05, 4.69) is 5.32 Å². The first-order valence-corrected chi connectivity index (χ1v) is 9.71. The lowest BCUT2D eigenvalue weighted by Gasteiger charge is -2.39. The van der Waals surface area contributed by atoms with Crippen LogP contribution in [-0.4, -0.2) is 27.2 Å². The molecule has 1 aliphatic heterocycles. The van der Waals surface area contributed by atoms with Crippen LogP contribution in [0.15, 0.2) is 60.7 Å². The van der Waals surface area contributed by atoms with Crippen molar-refractivity contribution in [1.82, 2.24) is 0 Å². The molecule has 6 nitrogen and oxygen atoms in total. The lowest BCUT2D eigenvalue weighted by atomic mass is 10.0. The summed E-state index contributed by atoms with van der Waals surface area (Å²) in [5, 5.41) is 3.92. The molecule has 1 aliphatic rings. The van der Waals surface area contributed by atoms with Crippen molar-refractivity contribution in [2.75, 3.05) is 31.5 Å². The molecule has 154 valence electrons. The highest BCUT2D eigenvalue weighted by Gasteiger charge is 2.37. The maximum atomic E-state index is 13.6. The highest BCUT2D eigenvalue weighted by molar-refractivity contribution is 6.34. The number of carbonyl (C=O) groups excluding carboxylic acids is 1. The summed E-state index contributed by atoms with van der Waals surface area (Å²) >= 11 is 6.49. The normalized spacial score (nSPS) is 15.3. The fourth-order valence-corrected chi connectivity index (χ4v) is 3.93. The van der Waals surface area contributed by atoms with Crippen LogP contribution < -0.4 is 24.4 Å². The first kappa shape index (κ1) is 19.9. The molecule has 1 N–H and O–H groups in total. The van der Waals surface area contributed by atoms with E-state index < -0.39 is 6.17 Å². The molecule has 3 aromatic rings. The standard InChI is InChI=1S/C23H21ClN2O4/c1-28-19-13-12-15(20(29-2)21(19)30-3)22-25-17-10-6-4-8-14(17)23(27)26(22)18-11-7-5-9-16(18)24/h4-13,22,25H,1-3H3/t22-/m0/s1. The largest absolute Gasteiger partial charge is 0.493 e. The van der Waals surface area contributed by atoms with Gasteiger partial charge in [-0.25, -0.2) is 0 Å². The lowest BCUT2D eigenvalue weighted by molar-refractivity contribution is 0.0974. The summed E-state index contributed by atoms with van der Waals surface area (Å²) in [5.41, 5.74) is 2.59. The highest BCUT2D eigenvalue weighted by atomic mass is 35.5. The van der Waals surface area contributed by atoms with Gasteiger partial charge in [0.25, 0.3) is 5.91 Å². The SMILES string of the molecule is COc1ccc([C@H]2Nc3ccccc3C(=O)N2c2ccccc2Cl)c(OC)c1OC. The van der Waals surface area contributed by atoms with Crippen LogP contribution in [-0.2, 0) is 0 Å². The summed E-state index contributed by atoms with van der Waals surface area (Å²) in [4.78, 5) is 15.2. The monoisotopic (exact) mass is 424 g/mol. The van der Waals surface area contributed by atoms with Gasteiger partial charge >= 0.3 is 0 Å². The van der Waals surface area contributed by atoms with Gasteiger partial charge in [-0.1, -0.05) is 35.9 Å². The summed E-state index contributed by atoms with van der Waals surface area (Å²) in [5.74, 6) is 1.28. The molecule has 0 saturated carbocycles. The minimum atomic E-state index is -0.581. The Labute approximate surface area is 179 Å². The van der Waals surface area contributed by atoms with Gasteiger partial charge in [0.2, 0.25) is 5.75 Å². The number of amides is 1. The first-order valence-electron chi connectivity index (χ1n) is 9.33. The Kier molecular flexibility index (Phi) is 5.42. The number of para-hydroxylation sites is 2. The van der Waals surface area contributed by atoms with Gasteiger partial charge in [-0.2, -0.15) is 0 Å². The fraction of sp³-hybridized carbons (Fsp3) is 0.174. The number of nitrogens with zero attached hydrogens (tertiary/aromatic N) is 1. The fourth-order valence-electron chi connectivity index (χ4n) is 3.71. The second kappa shape index (κ2) is 8.16. The van der Waals surface area contributed by atoms with Crippen LogP contribution in [0.25, 0.3) is 0 Å². The quantitative estimate of drug-likeness (QED) is 0.614. The van der Waals surface area contributed by atoms with Crippen LogP contribution in [0.2, 0.25) is 5.02 Å². The van der Waals surface area contributed by atoms with Crippen LogP contribution >= 0.6 is 11.6 Å². The van der Waals surface area contributed by atoms with Gasteiger partial charge in [0.15, 0.2) is 11.5 Å². The van der Waals surface area contributed by atoms with Gasteiger partial charge < -0.3 is 19.5 Å². The van der Waals surface area contributed by atoms with E-state index in [4.69, 9.17) is 25.8 Å². The number of halogens is 1. The van der Waals surface area contributed by atoms with Gasteiger partial charge in [-0.3, -0.25) is 9.69 Å². The summed E-state index contributed by atoms with van der Waals surface area (Å²) in [6.07, 6.45) is -0.581. The van der Waals surface area contributed by atoms with Gasteiger partial charge in [-0.05, 0) is 36.4 Å². The predicted octanol–water partition coefficient (Wildman–Crippen LogP) is 5.14. The second-order valence-electron chi connectivity index (χ2n) is 6.64. The van der Waals surface area contributed by atoms with Crippen molar-refractivity contribution in [2.45, 2.75) is 6.17 Å². The van der Waals surface area contributed by atoms with Crippen LogP contribution in [0.1, 0.15) is 22.1 Å². The molecule has 0 aromatic heterocycles. The van der Waals surface area contributed by atoms with Gasteiger partial charge in [0.1, 0.15) is 6.17 Å². The molecule has 0 spiro atoms. The van der Waals surface area contributed by atoms with E-state index in [0.29, 0.717) is 39.1 Å². The molecule has 1 atom stereocenters. The third kappa shape index (κ3) is 3.19. The predicted molar refractivity (Wildman–Crippen MR) is 117 cm³/mol. The minimum Gasteiger partial charge on any atom is -0.493 e. The molecule has 0 aliphatic carbocycles. The lowest BCUT2D eigenvalue weighted by Crippen LogP contribution is -2.43. The zero-order chi connectivity index (χ0) is 21.3. The van der Waals surface area contributed by atoms with E-state index in [-0.39, 0.29) is 5.91 Å². The van der Waals surface area contributed by atoms with Crippen molar-refractivity contribution in [3.05, 3.63) is 76.8 Å². The van der Waals surface area contributed by atoms with E-state index in [1.165, 1.54) is 0 Å². The molecule has 1 amide bonds. The molecule has 30 heavy (non-hydrogen) atoms. The van der Waals surface area contributed by atoms with Crippen molar-refractivity contribution in [3.63, 3.8) is 0 Å². The van der Waals surface area contributed by atoms with E-state index in [1.807, 2.05) is 42.5 Å². The van der Waals surface area contributed by atoms with Crippen LogP contribution in [0, 0.1) is 0 Å². The molecular weight excluding hydrogens is 404 g/mol. The molecular formula is C23H21ClN2O4. The Morgan fingerprint density at radius 1 is 0.867 bits per heavy atom. The molecule has 1 heterocycles. The molecule has 0 unspecified atom stereocenters. The summed E-state index contributed by atoms with van der Waals surface area (Å²) in [6.45, 7) is 0. The van der Waals surface area contributed by atoms with Crippen molar-refractivity contribution in [3.8, 4) is 17.2 Å². The number of methoxy groups -OCH3 is 3. The maximum absolute atomic E-state index is 13.6. The van der Waals surface area contributed by atoms with E-state index in [0.717, 1.165) is 5.69 Å². The Bertz CT molecular complexity index is 1100. The number of hydrogen-bond acceptors (Lipinski definition) is 5. The molecule has 7 heteroatoms. The van der Waals surface area contributed by atoms with Crippen LogP contribution in [0.4, 0.5) is 11.4 Å². The van der Waals surface area contributed by atoms with Gasteiger partial charge in [0.05, 0.1) is 37.6 Å². The zero-order valence-electron chi connectivity index (χ0n) is 16.8. The highest BCUT2D eigenvalue weighted by Crippen LogP contribution is 2.47. The average Bonchev–Trinajstić information content (AvgIpc) is 2.78. The Morgan fingerprint density at radius 3 is 2.27 bits per heavy atom. The minimum absolute atomic E-state index is 0.167.